The molecule has 1 saturated carbocycles. The van der Waals surface area contributed by atoms with Gasteiger partial charge in [-0.25, -0.2) is 4.79 Å². The highest BCUT2D eigenvalue weighted by atomic mass is 16.3. The fourth-order valence-corrected chi connectivity index (χ4v) is 2.92. The van der Waals surface area contributed by atoms with Crippen LogP contribution in [-0.2, 0) is 0 Å². The SMILES string of the molecule is CCC(C)(CCO)NC(=O)NC1CCN(C2CC2)CC1. The number of hydrogen-bond acceptors (Lipinski definition) is 3. The second kappa shape index (κ2) is 6.76. The Labute approximate surface area is 122 Å². The molecule has 0 bridgehead atoms. The standard InChI is InChI=1S/C15H29N3O2/c1-3-15(2,8-11-19)17-14(20)16-12-6-9-18(10-7-12)13-4-5-13/h12-13,19H,3-11H2,1-2H3,(H2,16,17,20). The van der Waals surface area contributed by atoms with E-state index in [-0.39, 0.29) is 18.2 Å². The fraction of sp³-hybridized carbons (Fsp3) is 0.933. The van der Waals surface area contributed by atoms with Crippen molar-refractivity contribution in [3.63, 3.8) is 0 Å². The highest BCUT2D eigenvalue weighted by Gasteiger charge is 2.32. The number of nitrogens with zero attached hydrogens (tertiary/aromatic N) is 1. The molecule has 0 radical (unpaired) electrons. The van der Waals surface area contributed by atoms with Gasteiger partial charge in [-0.1, -0.05) is 6.92 Å². The summed E-state index contributed by atoms with van der Waals surface area (Å²) in [6.45, 7) is 6.33. The molecule has 5 heteroatoms. The predicted octanol–water partition coefficient (Wildman–Crippen LogP) is 1.46. The zero-order valence-corrected chi connectivity index (χ0v) is 12.8. The van der Waals surface area contributed by atoms with E-state index < -0.39 is 0 Å². The summed E-state index contributed by atoms with van der Waals surface area (Å²) in [5.41, 5.74) is -0.312. The van der Waals surface area contributed by atoms with Crippen LogP contribution in [0.1, 0.15) is 52.4 Å². The van der Waals surface area contributed by atoms with E-state index in [1.165, 1.54) is 12.8 Å². The molecular weight excluding hydrogens is 254 g/mol. The molecule has 1 aliphatic carbocycles. The van der Waals surface area contributed by atoms with Crippen LogP contribution in [0.25, 0.3) is 0 Å². The zero-order chi connectivity index (χ0) is 14.6. The van der Waals surface area contributed by atoms with Gasteiger partial charge in [0.05, 0.1) is 0 Å². The van der Waals surface area contributed by atoms with Crippen LogP contribution in [-0.4, -0.2) is 53.4 Å². The average molecular weight is 283 g/mol. The lowest BCUT2D eigenvalue weighted by Gasteiger charge is -2.34. The van der Waals surface area contributed by atoms with Crippen molar-refractivity contribution >= 4 is 6.03 Å². The van der Waals surface area contributed by atoms with Crippen molar-refractivity contribution in [3.8, 4) is 0 Å². The maximum Gasteiger partial charge on any atom is 0.315 e. The first-order chi connectivity index (χ1) is 9.56. The smallest absolute Gasteiger partial charge is 0.315 e. The summed E-state index contributed by atoms with van der Waals surface area (Å²) >= 11 is 0. The third-order valence-corrected chi connectivity index (χ3v) is 4.79. The molecule has 1 atom stereocenters. The number of carbonyl (C=O) groups excluding carboxylic acids is 1. The number of likely N-dealkylation sites (tertiary alicyclic amines) is 1. The van der Waals surface area contributed by atoms with Crippen LogP contribution in [0, 0.1) is 0 Å². The Morgan fingerprint density at radius 2 is 1.95 bits per heavy atom. The van der Waals surface area contributed by atoms with E-state index in [4.69, 9.17) is 5.11 Å². The molecule has 0 aromatic carbocycles. The summed E-state index contributed by atoms with van der Waals surface area (Å²) in [4.78, 5) is 14.6. The number of aliphatic hydroxyl groups excluding tert-OH is 1. The number of amides is 2. The third-order valence-electron chi connectivity index (χ3n) is 4.79. The van der Waals surface area contributed by atoms with Gasteiger partial charge in [0.25, 0.3) is 0 Å². The highest BCUT2D eigenvalue weighted by molar-refractivity contribution is 5.75. The molecule has 2 rings (SSSR count). The highest BCUT2D eigenvalue weighted by Crippen LogP contribution is 2.29. The molecule has 0 aromatic heterocycles. The van der Waals surface area contributed by atoms with Gasteiger partial charge in [0.1, 0.15) is 0 Å². The van der Waals surface area contributed by atoms with Crippen LogP contribution in [0.15, 0.2) is 0 Å². The van der Waals surface area contributed by atoms with E-state index in [1.807, 2.05) is 13.8 Å². The van der Waals surface area contributed by atoms with E-state index >= 15 is 0 Å². The lowest BCUT2D eigenvalue weighted by Crippen LogP contribution is -2.54. The quantitative estimate of drug-likeness (QED) is 0.691. The molecule has 2 amide bonds. The Balaban J connectivity index is 1.71. The monoisotopic (exact) mass is 283 g/mol. The van der Waals surface area contributed by atoms with Crippen LogP contribution >= 0.6 is 0 Å². The van der Waals surface area contributed by atoms with E-state index in [2.05, 4.69) is 15.5 Å². The Morgan fingerprint density at radius 1 is 1.30 bits per heavy atom. The normalized spacial score (nSPS) is 24.1. The second-order valence-electron chi connectivity index (χ2n) is 6.53. The van der Waals surface area contributed by atoms with Crippen molar-refractivity contribution in [1.29, 1.82) is 0 Å². The van der Waals surface area contributed by atoms with Crippen LogP contribution in [0.2, 0.25) is 0 Å². The minimum atomic E-state index is -0.312. The Hall–Kier alpha value is -0.810. The molecule has 2 fully saturated rings. The number of hydrogen-bond donors (Lipinski definition) is 3. The molecule has 1 heterocycles. The first-order valence-electron chi connectivity index (χ1n) is 8.00. The lowest BCUT2D eigenvalue weighted by molar-refractivity contribution is 0.176. The summed E-state index contributed by atoms with van der Waals surface area (Å²) in [5.74, 6) is 0. The van der Waals surface area contributed by atoms with Crippen LogP contribution in [0.3, 0.4) is 0 Å². The van der Waals surface area contributed by atoms with Crippen LogP contribution < -0.4 is 10.6 Å². The molecule has 3 N–H and O–H groups in total. The maximum atomic E-state index is 12.1. The molecular formula is C15H29N3O2. The molecule has 0 spiro atoms. The topological polar surface area (TPSA) is 64.6 Å². The Morgan fingerprint density at radius 3 is 2.45 bits per heavy atom. The minimum Gasteiger partial charge on any atom is -0.396 e. The zero-order valence-electron chi connectivity index (χ0n) is 12.8. The van der Waals surface area contributed by atoms with Crippen LogP contribution in [0.4, 0.5) is 4.79 Å². The maximum absolute atomic E-state index is 12.1. The van der Waals surface area contributed by atoms with Crippen molar-refractivity contribution in [2.45, 2.75) is 70.0 Å². The minimum absolute atomic E-state index is 0.0901. The summed E-state index contributed by atoms with van der Waals surface area (Å²) < 4.78 is 0. The molecule has 1 saturated heterocycles. The van der Waals surface area contributed by atoms with Gasteiger partial charge in [-0.2, -0.15) is 0 Å². The molecule has 20 heavy (non-hydrogen) atoms. The second-order valence-corrected chi connectivity index (χ2v) is 6.53. The summed E-state index contributed by atoms with van der Waals surface area (Å²) in [5, 5.41) is 15.2. The molecule has 1 aliphatic heterocycles. The summed E-state index contributed by atoms with van der Waals surface area (Å²) in [6, 6.07) is 1.03. The van der Waals surface area contributed by atoms with Crippen LogP contribution in [0.5, 0.6) is 0 Å². The van der Waals surface area contributed by atoms with E-state index in [1.54, 1.807) is 0 Å². The van der Waals surface area contributed by atoms with Crippen molar-refractivity contribution in [2.75, 3.05) is 19.7 Å². The largest absolute Gasteiger partial charge is 0.396 e. The number of nitrogens with one attached hydrogen (secondary N) is 2. The molecule has 0 aromatic rings. The van der Waals surface area contributed by atoms with Gasteiger partial charge in [-0.3, -0.25) is 0 Å². The summed E-state index contributed by atoms with van der Waals surface area (Å²) in [7, 11) is 0. The van der Waals surface area contributed by atoms with Gasteiger partial charge >= 0.3 is 6.03 Å². The molecule has 1 unspecified atom stereocenters. The molecule has 2 aliphatic rings. The molecule has 5 nitrogen and oxygen atoms in total. The van der Waals surface area contributed by atoms with Gasteiger partial charge in [0.2, 0.25) is 0 Å². The number of rotatable bonds is 6. The lowest BCUT2D eigenvalue weighted by atomic mass is 9.95. The van der Waals surface area contributed by atoms with Crippen molar-refractivity contribution in [1.82, 2.24) is 15.5 Å². The van der Waals surface area contributed by atoms with Crippen molar-refractivity contribution < 1.29 is 9.90 Å². The Bertz CT molecular complexity index is 325. The van der Waals surface area contributed by atoms with Gasteiger partial charge in [0.15, 0.2) is 0 Å². The number of aliphatic hydroxyl groups is 1. The van der Waals surface area contributed by atoms with Gasteiger partial charge in [-0.15, -0.1) is 0 Å². The third kappa shape index (κ3) is 4.35. The van der Waals surface area contributed by atoms with Crippen molar-refractivity contribution in [3.05, 3.63) is 0 Å². The van der Waals surface area contributed by atoms with E-state index in [9.17, 15) is 4.79 Å². The average Bonchev–Trinajstić information content (AvgIpc) is 3.24. The fourth-order valence-electron chi connectivity index (χ4n) is 2.92. The van der Waals surface area contributed by atoms with Gasteiger partial charge in [0, 0.05) is 37.3 Å². The predicted molar refractivity (Wildman–Crippen MR) is 79.7 cm³/mol. The first kappa shape index (κ1) is 15.6. The Kier molecular flexibility index (Phi) is 5.27. The molecule has 116 valence electrons. The number of piperidine rings is 1. The van der Waals surface area contributed by atoms with E-state index in [0.717, 1.165) is 38.4 Å². The number of urea groups is 1. The van der Waals surface area contributed by atoms with Gasteiger partial charge in [-0.05, 0) is 45.4 Å². The van der Waals surface area contributed by atoms with Gasteiger partial charge < -0.3 is 20.6 Å². The van der Waals surface area contributed by atoms with E-state index in [0.29, 0.717) is 12.5 Å². The van der Waals surface area contributed by atoms with Crippen molar-refractivity contribution in [2.24, 2.45) is 0 Å². The summed E-state index contributed by atoms with van der Waals surface area (Å²) in [6.07, 6.45) is 6.22. The first-order valence-corrected chi connectivity index (χ1v) is 8.00. The number of carbonyl (C=O) groups is 1.